The summed E-state index contributed by atoms with van der Waals surface area (Å²) in [6.45, 7) is 5.49. The summed E-state index contributed by atoms with van der Waals surface area (Å²) in [4.78, 5) is 23.7. The first-order valence-electron chi connectivity index (χ1n) is 9.13. The van der Waals surface area contributed by atoms with E-state index in [9.17, 15) is 4.79 Å². The molecular formula is C20H26N4O2. The van der Waals surface area contributed by atoms with Crippen molar-refractivity contribution in [3.8, 4) is 5.75 Å². The van der Waals surface area contributed by atoms with Crippen LogP contribution in [0.4, 0.5) is 11.6 Å². The van der Waals surface area contributed by atoms with E-state index < -0.39 is 0 Å². The maximum atomic E-state index is 12.9. The predicted molar refractivity (Wildman–Crippen MR) is 102 cm³/mol. The first-order chi connectivity index (χ1) is 12.6. The predicted octanol–water partition coefficient (Wildman–Crippen LogP) is 3.86. The Morgan fingerprint density at radius 3 is 2.50 bits per heavy atom. The summed E-state index contributed by atoms with van der Waals surface area (Å²) in [6, 6.07) is 7.61. The van der Waals surface area contributed by atoms with E-state index in [1.54, 1.807) is 13.2 Å². The molecule has 0 spiro atoms. The topological polar surface area (TPSA) is 67.3 Å². The van der Waals surface area contributed by atoms with Gasteiger partial charge in [0.05, 0.1) is 12.8 Å². The number of amides is 1. The second kappa shape index (κ2) is 8.17. The van der Waals surface area contributed by atoms with Crippen molar-refractivity contribution in [3.05, 3.63) is 41.2 Å². The minimum Gasteiger partial charge on any atom is -0.495 e. The number of aromatic nitrogens is 2. The SMILES string of the molecule is COc1ccc(C)cc1Nc1nc(C)cc(C(=O)N2CCCCCC2)n1. The van der Waals surface area contributed by atoms with E-state index in [-0.39, 0.29) is 5.91 Å². The van der Waals surface area contributed by atoms with Crippen LogP contribution in [0.15, 0.2) is 24.3 Å². The second-order valence-electron chi connectivity index (χ2n) is 6.75. The fourth-order valence-electron chi connectivity index (χ4n) is 3.21. The molecule has 26 heavy (non-hydrogen) atoms. The van der Waals surface area contributed by atoms with Gasteiger partial charge in [-0.05, 0) is 50.5 Å². The highest BCUT2D eigenvalue weighted by Gasteiger charge is 2.20. The van der Waals surface area contributed by atoms with Crippen LogP contribution in [0.3, 0.4) is 0 Å². The summed E-state index contributed by atoms with van der Waals surface area (Å²) < 4.78 is 5.40. The second-order valence-corrected chi connectivity index (χ2v) is 6.75. The molecule has 0 unspecified atom stereocenters. The number of likely N-dealkylation sites (tertiary alicyclic amines) is 1. The van der Waals surface area contributed by atoms with Gasteiger partial charge in [0, 0.05) is 18.8 Å². The number of carbonyl (C=O) groups is 1. The quantitative estimate of drug-likeness (QED) is 0.903. The molecule has 3 rings (SSSR count). The van der Waals surface area contributed by atoms with Crippen LogP contribution >= 0.6 is 0 Å². The largest absolute Gasteiger partial charge is 0.495 e. The molecule has 1 aliphatic rings. The smallest absolute Gasteiger partial charge is 0.272 e. The molecule has 0 atom stereocenters. The highest BCUT2D eigenvalue weighted by Crippen LogP contribution is 2.27. The summed E-state index contributed by atoms with van der Waals surface area (Å²) in [5, 5.41) is 3.20. The third kappa shape index (κ3) is 4.31. The average molecular weight is 354 g/mol. The number of carbonyl (C=O) groups excluding carboxylic acids is 1. The third-order valence-corrected chi connectivity index (χ3v) is 4.57. The highest BCUT2D eigenvalue weighted by molar-refractivity contribution is 5.92. The number of benzene rings is 1. The molecule has 1 aromatic heterocycles. The Labute approximate surface area is 154 Å². The lowest BCUT2D eigenvalue weighted by Gasteiger charge is -2.20. The van der Waals surface area contributed by atoms with Crippen molar-refractivity contribution in [2.24, 2.45) is 0 Å². The number of hydrogen-bond acceptors (Lipinski definition) is 5. The molecule has 0 bridgehead atoms. The molecule has 1 aliphatic heterocycles. The van der Waals surface area contributed by atoms with Crippen LogP contribution in [0, 0.1) is 13.8 Å². The molecule has 6 heteroatoms. The third-order valence-electron chi connectivity index (χ3n) is 4.57. The molecule has 0 saturated carbocycles. The van der Waals surface area contributed by atoms with Gasteiger partial charge < -0.3 is 15.0 Å². The van der Waals surface area contributed by atoms with Gasteiger partial charge in [-0.25, -0.2) is 9.97 Å². The van der Waals surface area contributed by atoms with Gasteiger partial charge in [0.1, 0.15) is 11.4 Å². The molecule has 2 heterocycles. The maximum absolute atomic E-state index is 12.9. The Morgan fingerprint density at radius 2 is 1.81 bits per heavy atom. The van der Waals surface area contributed by atoms with Crippen LogP contribution in [0.5, 0.6) is 5.75 Å². The zero-order valence-electron chi connectivity index (χ0n) is 15.7. The fourth-order valence-corrected chi connectivity index (χ4v) is 3.21. The number of ether oxygens (including phenoxy) is 1. The Balaban J connectivity index is 1.86. The molecule has 1 saturated heterocycles. The summed E-state index contributed by atoms with van der Waals surface area (Å²) in [5.74, 6) is 1.10. The van der Waals surface area contributed by atoms with Gasteiger partial charge in [0.15, 0.2) is 0 Å². The van der Waals surface area contributed by atoms with E-state index in [0.29, 0.717) is 17.4 Å². The number of nitrogens with zero attached hydrogens (tertiary/aromatic N) is 3. The minimum absolute atomic E-state index is 0.0170. The summed E-state index contributed by atoms with van der Waals surface area (Å²) >= 11 is 0. The number of methoxy groups -OCH3 is 1. The van der Waals surface area contributed by atoms with Crippen molar-refractivity contribution in [2.75, 3.05) is 25.5 Å². The molecule has 1 fully saturated rings. The van der Waals surface area contributed by atoms with Crippen molar-refractivity contribution in [3.63, 3.8) is 0 Å². The summed E-state index contributed by atoms with van der Waals surface area (Å²) in [5.41, 5.74) is 3.08. The molecule has 1 aromatic carbocycles. The highest BCUT2D eigenvalue weighted by atomic mass is 16.5. The maximum Gasteiger partial charge on any atom is 0.272 e. The lowest BCUT2D eigenvalue weighted by atomic mass is 10.2. The molecule has 0 aliphatic carbocycles. The van der Waals surface area contributed by atoms with Gasteiger partial charge in [-0.1, -0.05) is 18.9 Å². The first-order valence-corrected chi connectivity index (χ1v) is 9.13. The van der Waals surface area contributed by atoms with E-state index in [4.69, 9.17) is 4.74 Å². The van der Waals surface area contributed by atoms with Crippen LogP contribution in [0.2, 0.25) is 0 Å². The molecule has 1 amide bonds. The normalized spacial score (nSPS) is 14.7. The van der Waals surface area contributed by atoms with Gasteiger partial charge in [-0.15, -0.1) is 0 Å². The lowest BCUT2D eigenvalue weighted by molar-refractivity contribution is 0.0755. The van der Waals surface area contributed by atoms with Crippen molar-refractivity contribution >= 4 is 17.5 Å². The van der Waals surface area contributed by atoms with Gasteiger partial charge in [0.2, 0.25) is 5.95 Å². The van der Waals surface area contributed by atoms with Gasteiger partial charge >= 0.3 is 0 Å². The van der Waals surface area contributed by atoms with E-state index in [1.807, 2.05) is 36.9 Å². The van der Waals surface area contributed by atoms with Crippen molar-refractivity contribution in [1.82, 2.24) is 14.9 Å². The van der Waals surface area contributed by atoms with Crippen LogP contribution in [-0.2, 0) is 0 Å². The van der Waals surface area contributed by atoms with Crippen molar-refractivity contribution < 1.29 is 9.53 Å². The average Bonchev–Trinajstić information content (AvgIpc) is 2.90. The summed E-state index contributed by atoms with van der Waals surface area (Å²) in [7, 11) is 1.63. The number of hydrogen-bond donors (Lipinski definition) is 1. The Hall–Kier alpha value is -2.63. The van der Waals surface area contributed by atoms with Crippen molar-refractivity contribution in [1.29, 1.82) is 0 Å². The van der Waals surface area contributed by atoms with Gasteiger partial charge in [-0.3, -0.25) is 4.79 Å². The van der Waals surface area contributed by atoms with Gasteiger partial charge in [0.25, 0.3) is 5.91 Å². The standard InChI is InChI=1S/C20H26N4O2/c1-14-8-9-18(26-3)16(12-14)22-20-21-15(2)13-17(23-20)19(25)24-10-6-4-5-7-11-24/h8-9,12-13H,4-7,10-11H2,1-3H3,(H,21,22,23). The number of rotatable bonds is 4. The van der Waals surface area contributed by atoms with Crippen LogP contribution in [-0.4, -0.2) is 41.0 Å². The summed E-state index contributed by atoms with van der Waals surface area (Å²) in [6.07, 6.45) is 4.49. The van der Waals surface area contributed by atoms with E-state index >= 15 is 0 Å². The molecule has 0 radical (unpaired) electrons. The fraction of sp³-hybridized carbons (Fsp3) is 0.450. The number of nitrogens with one attached hydrogen (secondary N) is 1. The Bertz CT molecular complexity index is 783. The van der Waals surface area contributed by atoms with Gasteiger partial charge in [-0.2, -0.15) is 0 Å². The lowest BCUT2D eigenvalue weighted by Crippen LogP contribution is -2.32. The van der Waals surface area contributed by atoms with E-state index in [2.05, 4.69) is 15.3 Å². The zero-order valence-corrected chi connectivity index (χ0v) is 15.7. The Kier molecular flexibility index (Phi) is 5.71. The Morgan fingerprint density at radius 1 is 1.08 bits per heavy atom. The number of aryl methyl sites for hydroxylation is 2. The molecular weight excluding hydrogens is 328 g/mol. The molecule has 138 valence electrons. The number of anilines is 2. The molecule has 2 aromatic rings. The molecule has 6 nitrogen and oxygen atoms in total. The van der Waals surface area contributed by atoms with E-state index in [1.165, 1.54) is 12.8 Å². The molecule has 1 N–H and O–H groups in total. The van der Waals surface area contributed by atoms with Crippen LogP contribution < -0.4 is 10.1 Å². The zero-order chi connectivity index (χ0) is 18.5. The first kappa shape index (κ1) is 18.2. The van der Waals surface area contributed by atoms with Crippen molar-refractivity contribution in [2.45, 2.75) is 39.5 Å². The van der Waals surface area contributed by atoms with Crippen LogP contribution in [0.1, 0.15) is 47.4 Å². The monoisotopic (exact) mass is 354 g/mol. The van der Waals surface area contributed by atoms with E-state index in [0.717, 1.165) is 42.9 Å². The van der Waals surface area contributed by atoms with Crippen LogP contribution in [0.25, 0.3) is 0 Å². The minimum atomic E-state index is -0.0170.